The molecule has 0 aromatic heterocycles. The highest BCUT2D eigenvalue weighted by atomic mass is 16.4. The number of carbonyl (C=O) groups is 2. The average Bonchev–Trinajstić information content (AvgIpc) is 2.45. The van der Waals surface area contributed by atoms with Crippen LogP contribution in [0.4, 0.5) is 0 Å². The van der Waals surface area contributed by atoms with Crippen molar-refractivity contribution < 1.29 is 14.7 Å². The van der Waals surface area contributed by atoms with Gasteiger partial charge in [0.15, 0.2) is 0 Å². The summed E-state index contributed by atoms with van der Waals surface area (Å²) < 4.78 is 0. The number of hydrogen-bond acceptors (Lipinski definition) is 2. The van der Waals surface area contributed by atoms with Gasteiger partial charge in [-0.2, -0.15) is 0 Å². The molecular formula is C16H25NO3. The second-order valence-corrected chi connectivity index (χ2v) is 6.37. The van der Waals surface area contributed by atoms with Gasteiger partial charge in [-0.1, -0.05) is 31.9 Å². The summed E-state index contributed by atoms with van der Waals surface area (Å²) in [5.74, 6) is -1.12. The lowest BCUT2D eigenvalue weighted by atomic mass is 9.80. The molecule has 1 N–H and O–H groups in total. The summed E-state index contributed by atoms with van der Waals surface area (Å²) in [5, 5.41) is 9.29. The van der Waals surface area contributed by atoms with Gasteiger partial charge in [-0.05, 0) is 31.6 Å². The molecule has 2 aliphatic rings. The molecule has 0 aromatic rings. The Bertz CT molecular complexity index is 405. The molecule has 2 rings (SSSR count). The van der Waals surface area contributed by atoms with Crippen LogP contribution in [-0.2, 0) is 9.59 Å². The van der Waals surface area contributed by atoms with Crippen LogP contribution in [0.25, 0.3) is 0 Å². The van der Waals surface area contributed by atoms with Crippen LogP contribution in [0.3, 0.4) is 0 Å². The highest BCUT2D eigenvalue weighted by Gasteiger charge is 2.37. The molecule has 4 heteroatoms. The summed E-state index contributed by atoms with van der Waals surface area (Å²) in [4.78, 5) is 25.8. The lowest BCUT2D eigenvalue weighted by Crippen LogP contribution is -2.46. The standard InChI is InChI=1S/C16H25NO3/c1-11-6-5-7-12(10-11)17(2)15(18)13-8-3-4-9-14(13)16(19)20/h3-4,11-14H,5-10H2,1-2H3,(H,19,20)/t11?,12?,13-,14+/m1/s1. The van der Waals surface area contributed by atoms with Gasteiger partial charge in [-0.25, -0.2) is 0 Å². The Balaban J connectivity index is 2.05. The first-order valence-corrected chi connectivity index (χ1v) is 7.65. The monoisotopic (exact) mass is 279 g/mol. The molecule has 0 aliphatic heterocycles. The van der Waals surface area contributed by atoms with Gasteiger partial charge in [0, 0.05) is 13.1 Å². The molecule has 1 amide bonds. The Hall–Kier alpha value is -1.32. The second-order valence-electron chi connectivity index (χ2n) is 6.37. The van der Waals surface area contributed by atoms with E-state index in [4.69, 9.17) is 0 Å². The molecule has 20 heavy (non-hydrogen) atoms. The topological polar surface area (TPSA) is 57.6 Å². The maximum Gasteiger partial charge on any atom is 0.307 e. The van der Waals surface area contributed by atoms with Crippen molar-refractivity contribution in [3.8, 4) is 0 Å². The highest BCUT2D eigenvalue weighted by molar-refractivity contribution is 5.85. The minimum atomic E-state index is -0.849. The van der Waals surface area contributed by atoms with Crippen LogP contribution >= 0.6 is 0 Å². The first kappa shape index (κ1) is 15.1. The van der Waals surface area contributed by atoms with Gasteiger partial charge in [0.25, 0.3) is 0 Å². The molecule has 0 radical (unpaired) electrons. The van der Waals surface area contributed by atoms with Gasteiger partial charge in [0.2, 0.25) is 5.91 Å². The van der Waals surface area contributed by atoms with E-state index < -0.39 is 11.9 Å². The van der Waals surface area contributed by atoms with Crippen LogP contribution in [-0.4, -0.2) is 35.0 Å². The van der Waals surface area contributed by atoms with Crippen LogP contribution in [0, 0.1) is 17.8 Å². The quantitative estimate of drug-likeness (QED) is 0.808. The fourth-order valence-electron chi connectivity index (χ4n) is 3.56. The molecule has 0 heterocycles. The second kappa shape index (κ2) is 6.42. The number of amides is 1. The Kier molecular flexibility index (Phi) is 4.84. The number of carboxylic acid groups (broad SMARTS) is 1. The maximum atomic E-state index is 12.6. The molecule has 4 atom stereocenters. The summed E-state index contributed by atoms with van der Waals surface area (Å²) in [7, 11) is 1.85. The van der Waals surface area contributed by atoms with Crippen molar-refractivity contribution in [3.63, 3.8) is 0 Å². The summed E-state index contributed by atoms with van der Waals surface area (Å²) >= 11 is 0. The van der Waals surface area contributed by atoms with E-state index in [1.54, 1.807) is 0 Å². The number of carboxylic acids is 1. The Morgan fingerprint density at radius 2 is 1.80 bits per heavy atom. The van der Waals surface area contributed by atoms with Gasteiger partial charge in [0.05, 0.1) is 11.8 Å². The number of rotatable bonds is 3. The predicted octanol–water partition coefficient (Wildman–Crippen LogP) is 2.69. The van der Waals surface area contributed by atoms with Crippen LogP contribution in [0.15, 0.2) is 12.2 Å². The molecule has 0 aromatic carbocycles. The van der Waals surface area contributed by atoms with Crippen molar-refractivity contribution in [2.45, 2.75) is 51.5 Å². The largest absolute Gasteiger partial charge is 0.481 e. The first-order valence-electron chi connectivity index (χ1n) is 7.65. The van der Waals surface area contributed by atoms with E-state index >= 15 is 0 Å². The van der Waals surface area contributed by atoms with Crippen molar-refractivity contribution in [2.24, 2.45) is 17.8 Å². The summed E-state index contributed by atoms with van der Waals surface area (Å²) in [6, 6.07) is 0.284. The van der Waals surface area contributed by atoms with E-state index in [1.165, 1.54) is 6.42 Å². The van der Waals surface area contributed by atoms with Crippen molar-refractivity contribution in [1.82, 2.24) is 4.90 Å². The van der Waals surface area contributed by atoms with E-state index in [0.29, 0.717) is 18.8 Å². The lowest BCUT2D eigenvalue weighted by molar-refractivity contribution is -0.151. The van der Waals surface area contributed by atoms with E-state index in [9.17, 15) is 14.7 Å². The zero-order valence-corrected chi connectivity index (χ0v) is 12.4. The zero-order chi connectivity index (χ0) is 14.7. The molecule has 1 saturated carbocycles. The van der Waals surface area contributed by atoms with Gasteiger partial charge in [-0.3, -0.25) is 9.59 Å². The SMILES string of the molecule is CC1CCCC(N(C)C(=O)[C@@H]2CC=CC[C@@H]2C(=O)O)C1. The van der Waals surface area contributed by atoms with Crippen molar-refractivity contribution in [3.05, 3.63) is 12.2 Å². The first-order chi connectivity index (χ1) is 9.50. The minimum Gasteiger partial charge on any atom is -0.481 e. The number of hydrogen-bond donors (Lipinski definition) is 1. The Labute approximate surface area is 120 Å². The molecule has 2 unspecified atom stereocenters. The lowest BCUT2D eigenvalue weighted by Gasteiger charge is -2.37. The summed E-state index contributed by atoms with van der Waals surface area (Å²) in [5.41, 5.74) is 0. The number of carbonyl (C=O) groups excluding carboxylic acids is 1. The third-order valence-electron chi connectivity index (χ3n) is 4.87. The van der Waals surface area contributed by atoms with Crippen LogP contribution in [0.2, 0.25) is 0 Å². The maximum absolute atomic E-state index is 12.6. The average molecular weight is 279 g/mol. The zero-order valence-electron chi connectivity index (χ0n) is 12.4. The van der Waals surface area contributed by atoms with Gasteiger partial charge >= 0.3 is 5.97 Å². The molecule has 112 valence electrons. The summed E-state index contributed by atoms with van der Waals surface area (Å²) in [6.07, 6.45) is 9.35. The Morgan fingerprint density at radius 3 is 2.40 bits per heavy atom. The molecule has 4 nitrogen and oxygen atoms in total. The molecule has 0 saturated heterocycles. The fourth-order valence-corrected chi connectivity index (χ4v) is 3.56. The normalized spacial score (nSPS) is 33.7. The van der Waals surface area contributed by atoms with E-state index in [0.717, 1.165) is 19.3 Å². The molecule has 0 bridgehead atoms. The van der Waals surface area contributed by atoms with E-state index in [-0.39, 0.29) is 17.9 Å². The van der Waals surface area contributed by atoms with Gasteiger partial charge in [-0.15, -0.1) is 0 Å². The smallest absolute Gasteiger partial charge is 0.307 e. The van der Waals surface area contributed by atoms with Crippen LogP contribution in [0.5, 0.6) is 0 Å². The van der Waals surface area contributed by atoms with Crippen molar-refractivity contribution in [1.29, 1.82) is 0 Å². The van der Waals surface area contributed by atoms with Crippen LogP contribution < -0.4 is 0 Å². The minimum absolute atomic E-state index is 0.0147. The van der Waals surface area contributed by atoms with E-state index in [1.807, 2.05) is 24.1 Å². The van der Waals surface area contributed by atoms with Crippen molar-refractivity contribution >= 4 is 11.9 Å². The molecular weight excluding hydrogens is 254 g/mol. The molecule has 1 fully saturated rings. The third kappa shape index (κ3) is 3.22. The predicted molar refractivity (Wildman–Crippen MR) is 77.2 cm³/mol. The fraction of sp³-hybridized carbons (Fsp3) is 0.750. The molecule has 2 aliphatic carbocycles. The number of aliphatic carboxylic acids is 1. The number of allylic oxidation sites excluding steroid dienone is 2. The van der Waals surface area contributed by atoms with E-state index in [2.05, 4.69) is 6.92 Å². The Morgan fingerprint density at radius 1 is 1.15 bits per heavy atom. The van der Waals surface area contributed by atoms with Gasteiger partial charge < -0.3 is 10.0 Å². The summed E-state index contributed by atoms with van der Waals surface area (Å²) in [6.45, 7) is 2.23. The highest BCUT2D eigenvalue weighted by Crippen LogP contribution is 2.31. The van der Waals surface area contributed by atoms with Crippen molar-refractivity contribution in [2.75, 3.05) is 7.05 Å². The van der Waals surface area contributed by atoms with Gasteiger partial charge in [0.1, 0.15) is 0 Å². The molecule has 0 spiro atoms. The number of nitrogens with zero attached hydrogens (tertiary/aromatic N) is 1. The third-order valence-corrected chi connectivity index (χ3v) is 4.87. The van der Waals surface area contributed by atoms with Crippen LogP contribution in [0.1, 0.15) is 45.4 Å².